The molecule has 4 nitrogen and oxygen atoms in total. The quantitative estimate of drug-likeness (QED) is 0.639. The van der Waals surface area contributed by atoms with Crippen LogP contribution in [-0.2, 0) is 4.74 Å². The molecule has 2 rings (SSSR count). The van der Waals surface area contributed by atoms with E-state index in [1.807, 2.05) is 4.57 Å². The van der Waals surface area contributed by atoms with Gasteiger partial charge in [-0.1, -0.05) is 0 Å². The average Bonchev–Trinajstić information content (AvgIpc) is 2.67. The van der Waals surface area contributed by atoms with Crippen molar-refractivity contribution in [2.45, 2.75) is 18.9 Å². The summed E-state index contributed by atoms with van der Waals surface area (Å²) < 4.78 is 7.19. The molecule has 1 fully saturated rings. The molecule has 0 N–H and O–H groups in total. The maximum absolute atomic E-state index is 10.6. The summed E-state index contributed by atoms with van der Waals surface area (Å²) >= 11 is 0. The predicted octanol–water partition coefficient (Wildman–Crippen LogP) is 1.05. The fraction of sp³-hybridized carbons (Fsp3) is 0.556. The van der Waals surface area contributed by atoms with Gasteiger partial charge in [0.25, 0.3) is 0 Å². The van der Waals surface area contributed by atoms with Crippen LogP contribution in [0.15, 0.2) is 12.5 Å². The first-order valence-corrected chi connectivity index (χ1v) is 4.46. The Balaban J connectivity index is 2.17. The van der Waals surface area contributed by atoms with Gasteiger partial charge in [0.1, 0.15) is 5.69 Å². The SMILES string of the molecule is O=Cc1cncn1C1CCOCC1. The van der Waals surface area contributed by atoms with E-state index < -0.39 is 0 Å². The van der Waals surface area contributed by atoms with E-state index in [2.05, 4.69) is 4.98 Å². The molecule has 2 heterocycles. The van der Waals surface area contributed by atoms with Crippen LogP contribution in [0, 0.1) is 0 Å². The molecule has 1 saturated heterocycles. The number of aromatic nitrogens is 2. The number of carbonyl (C=O) groups excluding carboxylic acids is 1. The van der Waals surface area contributed by atoms with Crippen LogP contribution in [0.25, 0.3) is 0 Å². The van der Waals surface area contributed by atoms with E-state index in [0.29, 0.717) is 11.7 Å². The van der Waals surface area contributed by atoms with Gasteiger partial charge in [0.05, 0.1) is 12.5 Å². The lowest BCUT2D eigenvalue weighted by Gasteiger charge is -2.23. The van der Waals surface area contributed by atoms with E-state index in [4.69, 9.17) is 4.74 Å². The molecule has 0 atom stereocenters. The molecule has 0 unspecified atom stereocenters. The van der Waals surface area contributed by atoms with Crippen LogP contribution in [0.1, 0.15) is 29.4 Å². The van der Waals surface area contributed by atoms with Crippen molar-refractivity contribution in [2.75, 3.05) is 13.2 Å². The molecule has 1 aromatic heterocycles. The van der Waals surface area contributed by atoms with Crippen LogP contribution in [0.2, 0.25) is 0 Å². The van der Waals surface area contributed by atoms with E-state index in [1.54, 1.807) is 12.5 Å². The third-order valence-electron chi connectivity index (χ3n) is 2.40. The molecule has 0 aromatic carbocycles. The topological polar surface area (TPSA) is 44.1 Å². The summed E-state index contributed by atoms with van der Waals surface area (Å²) in [6.07, 6.45) is 6.11. The number of hydrogen-bond donors (Lipinski definition) is 0. The van der Waals surface area contributed by atoms with Gasteiger partial charge in [-0.2, -0.15) is 0 Å². The van der Waals surface area contributed by atoms with Gasteiger partial charge < -0.3 is 9.30 Å². The first kappa shape index (κ1) is 8.44. The van der Waals surface area contributed by atoms with E-state index in [-0.39, 0.29) is 0 Å². The van der Waals surface area contributed by atoms with Crippen molar-refractivity contribution in [3.8, 4) is 0 Å². The number of aldehydes is 1. The minimum atomic E-state index is 0.386. The highest BCUT2D eigenvalue weighted by Crippen LogP contribution is 2.21. The lowest BCUT2D eigenvalue weighted by atomic mass is 10.1. The standard InChI is InChI=1S/C9H12N2O2/c12-6-9-5-10-7-11(9)8-1-3-13-4-2-8/h5-8H,1-4H2. The van der Waals surface area contributed by atoms with Gasteiger partial charge in [-0.05, 0) is 12.8 Å². The van der Waals surface area contributed by atoms with Crippen LogP contribution < -0.4 is 0 Å². The van der Waals surface area contributed by atoms with Crippen molar-refractivity contribution in [3.05, 3.63) is 18.2 Å². The van der Waals surface area contributed by atoms with Crippen LogP contribution >= 0.6 is 0 Å². The zero-order valence-electron chi connectivity index (χ0n) is 7.35. The number of carbonyl (C=O) groups is 1. The van der Waals surface area contributed by atoms with Gasteiger partial charge in [0.15, 0.2) is 6.29 Å². The Labute approximate surface area is 76.5 Å². The summed E-state index contributed by atoms with van der Waals surface area (Å²) in [6.45, 7) is 1.56. The molecule has 0 aliphatic carbocycles. The molecule has 1 aromatic rings. The predicted molar refractivity (Wildman–Crippen MR) is 46.7 cm³/mol. The summed E-state index contributed by atoms with van der Waals surface area (Å²) in [5.74, 6) is 0. The highest BCUT2D eigenvalue weighted by Gasteiger charge is 2.17. The lowest BCUT2D eigenvalue weighted by Crippen LogP contribution is -2.20. The van der Waals surface area contributed by atoms with Gasteiger partial charge in [-0.25, -0.2) is 4.98 Å². The molecular formula is C9H12N2O2. The van der Waals surface area contributed by atoms with Crippen molar-refractivity contribution in [1.82, 2.24) is 9.55 Å². The Hall–Kier alpha value is -1.16. The first-order chi connectivity index (χ1) is 6.42. The summed E-state index contributed by atoms with van der Waals surface area (Å²) in [7, 11) is 0. The number of ether oxygens (including phenoxy) is 1. The van der Waals surface area contributed by atoms with Crippen LogP contribution in [0.5, 0.6) is 0 Å². The molecular weight excluding hydrogens is 168 g/mol. The smallest absolute Gasteiger partial charge is 0.168 e. The highest BCUT2D eigenvalue weighted by atomic mass is 16.5. The average molecular weight is 180 g/mol. The van der Waals surface area contributed by atoms with Crippen molar-refractivity contribution in [2.24, 2.45) is 0 Å². The number of nitrogens with zero attached hydrogens (tertiary/aromatic N) is 2. The fourth-order valence-electron chi connectivity index (χ4n) is 1.67. The second-order valence-corrected chi connectivity index (χ2v) is 3.19. The Kier molecular flexibility index (Phi) is 2.40. The van der Waals surface area contributed by atoms with Gasteiger partial charge in [0, 0.05) is 19.3 Å². The van der Waals surface area contributed by atoms with E-state index >= 15 is 0 Å². The van der Waals surface area contributed by atoms with Gasteiger partial charge in [-0.3, -0.25) is 4.79 Å². The Bertz CT molecular complexity index is 290. The molecule has 13 heavy (non-hydrogen) atoms. The van der Waals surface area contributed by atoms with E-state index in [0.717, 1.165) is 32.3 Å². The third-order valence-corrected chi connectivity index (χ3v) is 2.40. The second-order valence-electron chi connectivity index (χ2n) is 3.19. The third kappa shape index (κ3) is 1.62. The number of hydrogen-bond acceptors (Lipinski definition) is 3. The Morgan fingerprint density at radius 1 is 1.54 bits per heavy atom. The minimum absolute atomic E-state index is 0.386. The van der Waals surface area contributed by atoms with Crippen molar-refractivity contribution >= 4 is 6.29 Å². The molecule has 0 saturated carbocycles. The zero-order valence-corrected chi connectivity index (χ0v) is 7.35. The summed E-state index contributed by atoms with van der Waals surface area (Å²) in [5.41, 5.74) is 0.659. The zero-order chi connectivity index (χ0) is 9.10. The maximum Gasteiger partial charge on any atom is 0.168 e. The monoisotopic (exact) mass is 180 g/mol. The molecule has 0 radical (unpaired) electrons. The van der Waals surface area contributed by atoms with E-state index in [1.165, 1.54) is 0 Å². The van der Waals surface area contributed by atoms with Gasteiger partial charge in [0.2, 0.25) is 0 Å². The van der Waals surface area contributed by atoms with Crippen LogP contribution in [0.3, 0.4) is 0 Å². The molecule has 4 heteroatoms. The summed E-state index contributed by atoms with van der Waals surface area (Å²) in [4.78, 5) is 14.6. The lowest BCUT2D eigenvalue weighted by molar-refractivity contribution is 0.0686. The summed E-state index contributed by atoms with van der Waals surface area (Å²) in [6, 6.07) is 0.386. The fourth-order valence-corrected chi connectivity index (χ4v) is 1.67. The molecule has 0 spiro atoms. The molecule has 70 valence electrons. The Morgan fingerprint density at radius 2 is 2.31 bits per heavy atom. The largest absolute Gasteiger partial charge is 0.381 e. The molecule has 1 aliphatic rings. The maximum atomic E-state index is 10.6. The van der Waals surface area contributed by atoms with Crippen molar-refractivity contribution < 1.29 is 9.53 Å². The van der Waals surface area contributed by atoms with Crippen molar-refractivity contribution in [3.63, 3.8) is 0 Å². The Morgan fingerprint density at radius 3 is 3.00 bits per heavy atom. The van der Waals surface area contributed by atoms with Crippen LogP contribution in [-0.4, -0.2) is 29.1 Å². The van der Waals surface area contributed by atoms with Gasteiger partial charge in [-0.15, -0.1) is 0 Å². The number of rotatable bonds is 2. The van der Waals surface area contributed by atoms with E-state index in [9.17, 15) is 4.79 Å². The number of imidazole rings is 1. The van der Waals surface area contributed by atoms with Gasteiger partial charge >= 0.3 is 0 Å². The molecule has 0 bridgehead atoms. The highest BCUT2D eigenvalue weighted by molar-refractivity contribution is 5.71. The normalized spacial score (nSPS) is 18.8. The van der Waals surface area contributed by atoms with Crippen molar-refractivity contribution in [1.29, 1.82) is 0 Å². The second kappa shape index (κ2) is 3.70. The first-order valence-electron chi connectivity index (χ1n) is 4.46. The minimum Gasteiger partial charge on any atom is -0.381 e. The molecule has 0 amide bonds. The summed E-state index contributed by atoms with van der Waals surface area (Å²) in [5, 5.41) is 0. The molecule has 1 aliphatic heterocycles. The van der Waals surface area contributed by atoms with Crippen LogP contribution in [0.4, 0.5) is 0 Å².